The molecule has 0 saturated heterocycles. The first kappa shape index (κ1) is 14.9. The molecule has 0 atom stereocenters. The van der Waals surface area contributed by atoms with E-state index in [2.05, 4.69) is 26.0 Å². The molecule has 0 heterocycles. The van der Waals surface area contributed by atoms with Gasteiger partial charge in [-0.2, -0.15) is 0 Å². The first-order valence-electron chi connectivity index (χ1n) is 5.06. The Hall–Kier alpha value is -0.140. The Bertz CT molecular complexity index is 479. The highest BCUT2D eigenvalue weighted by molar-refractivity contribution is 9.10. The Morgan fingerprint density at radius 2 is 2.06 bits per heavy atom. The monoisotopic (exact) mass is 340 g/mol. The fourth-order valence-electron chi connectivity index (χ4n) is 1.24. The molecule has 96 valence electrons. The molecule has 0 spiro atoms. The van der Waals surface area contributed by atoms with Crippen molar-refractivity contribution in [2.24, 2.45) is 0 Å². The van der Waals surface area contributed by atoms with Crippen LogP contribution in [0.3, 0.4) is 0 Å². The van der Waals surface area contributed by atoms with Crippen LogP contribution in [0, 0.1) is 0 Å². The SMILES string of the molecule is CNCCCNS(=O)(=O)c1ccc(Cl)cc1Br. The van der Waals surface area contributed by atoms with Crippen LogP contribution in [0.4, 0.5) is 0 Å². The van der Waals surface area contributed by atoms with Gasteiger partial charge in [-0.3, -0.25) is 0 Å². The lowest BCUT2D eigenvalue weighted by atomic mass is 10.4. The highest BCUT2D eigenvalue weighted by atomic mass is 79.9. The second-order valence-corrected chi connectivity index (χ2v) is 6.46. The molecule has 0 fully saturated rings. The van der Waals surface area contributed by atoms with E-state index in [-0.39, 0.29) is 4.90 Å². The minimum Gasteiger partial charge on any atom is -0.320 e. The van der Waals surface area contributed by atoms with Crippen LogP contribution in [0.15, 0.2) is 27.6 Å². The van der Waals surface area contributed by atoms with E-state index in [1.54, 1.807) is 12.1 Å². The number of hydrogen-bond donors (Lipinski definition) is 2. The molecule has 0 aliphatic carbocycles. The highest BCUT2D eigenvalue weighted by Gasteiger charge is 2.16. The topological polar surface area (TPSA) is 58.2 Å². The predicted octanol–water partition coefficient (Wildman–Crippen LogP) is 1.99. The van der Waals surface area contributed by atoms with E-state index in [0.717, 1.165) is 13.0 Å². The van der Waals surface area contributed by atoms with Crippen LogP contribution in [0.25, 0.3) is 0 Å². The molecule has 0 aliphatic rings. The summed E-state index contributed by atoms with van der Waals surface area (Å²) in [7, 11) is -1.65. The molecule has 0 unspecified atom stereocenters. The van der Waals surface area contributed by atoms with E-state index in [1.807, 2.05) is 7.05 Å². The van der Waals surface area contributed by atoms with Crippen molar-refractivity contribution in [1.29, 1.82) is 0 Å². The molecule has 2 N–H and O–H groups in total. The molecule has 0 bridgehead atoms. The standard InChI is InChI=1S/C10H14BrClN2O2S/c1-13-5-2-6-14-17(15,16)10-4-3-8(12)7-9(10)11/h3-4,7,13-14H,2,5-6H2,1H3. The Balaban J connectivity index is 2.76. The molecule has 1 rings (SSSR count). The highest BCUT2D eigenvalue weighted by Crippen LogP contribution is 2.25. The van der Waals surface area contributed by atoms with Crippen molar-refractivity contribution in [2.75, 3.05) is 20.1 Å². The quantitative estimate of drug-likeness (QED) is 0.778. The molecular formula is C10H14BrClN2O2S. The van der Waals surface area contributed by atoms with Gasteiger partial charge in [-0.05, 0) is 54.1 Å². The average Bonchev–Trinajstić information content (AvgIpc) is 2.24. The maximum Gasteiger partial charge on any atom is 0.241 e. The second kappa shape index (κ2) is 6.70. The van der Waals surface area contributed by atoms with Gasteiger partial charge in [0.25, 0.3) is 0 Å². The molecule has 7 heteroatoms. The van der Waals surface area contributed by atoms with E-state index in [9.17, 15) is 8.42 Å². The first-order valence-corrected chi connectivity index (χ1v) is 7.72. The summed E-state index contributed by atoms with van der Waals surface area (Å²) < 4.78 is 26.8. The minimum absolute atomic E-state index is 0.200. The zero-order valence-electron chi connectivity index (χ0n) is 9.33. The molecule has 1 aromatic rings. The lowest BCUT2D eigenvalue weighted by Gasteiger charge is -2.08. The van der Waals surface area contributed by atoms with Crippen molar-refractivity contribution in [3.63, 3.8) is 0 Å². The Labute approximate surface area is 115 Å². The molecule has 4 nitrogen and oxygen atoms in total. The van der Waals surface area contributed by atoms with E-state index >= 15 is 0 Å². The van der Waals surface area contributed by atoms with Gasteiger partial charge in [0, 0.05) is 16.0 Å². The largest absolute Gasteiger partial charge is 0.320 e. The summed E-state index contributed by atoms with van der Waals surface area (Å²) in [5.74, 6) is 0. The van der Waals surface area contributed by atoms with Crippen molar-refractivity contribution in [1.82, 2.24) is 10.0 Å². The smallest absolute Gasteiger partial charge is 0.241 e. The molecule has 0 saturated carbocycles. The predicted molar refractivity (Wildman–Crippen MR) is 72.9 cm³/mol. The van der Waals surface area contributed by atoms with Gasteiger partial charge in [-0.1, -0.05) is 11.6 Å². The van der Waals surface area contributed by atoms with Crippen LogP contribution < -0.4 is 10.0 Å². The molecule has 0 aromatic heterocycles. The van der Waals surface area contributed by atoms with Gasteiger partial charge in [0.05, 0.1) is 4.90 Å². The Kier molecular flexibility index (Phi) is 5.88. The molecule has 0 radical (unpaired) electrons. The van der Waals surface area contributed by atoms with E-state index in [4.69, 9.17) is 11.6 Å². The van der Waals surface area contributed by atoms with Crippen molar-refractivity contribution < 1.29 is 8.42 Å². The summed E-state index contributed by atoms with van der Waals surface area (Å²) in [5, 5.41) is 3.44. The normalized spacial score (nSPS) is 11.7. The van der Waals surface area contributed by atoms with Gasteiger partial charge in [0.1, 0.15) is 0 Å². The first-order chi connectivity index (χ1) is 7.97. The molecular weight excluding hydrogens is 328 g/mol. The average molecular weight is 342 g/mol. The van der Waals surface area contributed by atoms with Crippen LogP contribution in [0.2, 0.25) is 5.02 Å². The lowest BCUT2D eigenvalue weighted by Crippen LogP contribution is -2.27. The maximum atomic E-state index is 11.9. The Morgan fingerprint density at radius 3 is 2.65 bits per heavy atom. The van der Waals surface area contributed by atoms with Crippen LogP contribution in [0.5, 0.6) is 0 Å². The van der Waals surface area contributed by atoms with E-state index in [0.29, 0.717) is 16.0 Å². The van der Waals surface area contributed by atoms with E-state index in [1.165, 1.54) is 6.07 Å². The van der Waals surface area contributed by atoms with Crippen molar-refractivity contribution in [3.8, 4) is 0 Å². The third-order valence-corrected chi connectivity index (χ3v) is 4.75. The minimum atomic E-state index is -3.47. The number of nitrogens with one attached hydrogen (secondary N) is 2. The van der Waals surface area contributed by atoms with Crippen LogP contribution in [-0.2, 0) is 10.0 Å². The van der Waals surface area contributed by atoms with E-state index < -0.39 is 10.0 Å². The van der Waals surface area contributed by atoms with Gasteiger partial charge < -0.3 is 5.32 Å². The van der Waals surface area contributed by atoms with Gasteiger partial charge in [-0.25, -0.2) is 13.1 Å². The number of hydrogen-bond acceptors (Lipinski definition) is 3. The molecule has 0 amide bonds. The van der Waals surface area contributed by atoms with Crippen LogP contribution >= 0.6 is 27.5 Å². The Morgan fingerprint density at radius 1 is 1.35 bits per heavy atom. The van der Waals surface area contributed by atoms with Crippen molar-refractivity contribution in [3.05, 3.63) is 27.7 Å². The van der Waals surface area contributed by atoms with Crippen molar-refractivity contribution >= 4 is 37.6 Å². The fraction of sp³-hybridized carbons (Fsp3) is 0.400. The number of rotatable bonds is 6. The van der Waals surface area contributed by atoms with Gasteiger partial charge in [0.15, 0.2) is 0 Å². The second-order valence-electron chi connectivity index (χ2n) is 3.43. The van der Waals surface area contributed by atoms with Gasteiger partial charge >= 0.3 is 0 Å². The van der Waals surface area contributed by atoms with Crippen LogP contribution in [-0.4, -0.2) is 28.6 Å². The van der Waals surface area contributed by atoms with Crippen molar-refractivity contribution in [2.45, 2.75) is 11.3 Å². The van der Waals surface area contributed by atoms with Gasteiger partial charge in [-0.15, -0.1) is 0 Å². The summed E-state index contributed by atoms with van der Waals surface area (Å²) in [6, 6.07) is 4.59. The summed E-state index contributed by atoms with van der Waals surface area (Å²) in [4.78, 5) is 0.200. The third kappa shape index (κ3) is 4.56. The maximum absolute atomic E-state index is 11.9. The summed E-state index contributed by atoms with van der Waals surface area (Å²) in [6.07, 6.45) is 0.737. The molecule has 1 aromatic carbocycles. The summed E-state index contributed by atoms with van der Waals surface area (Å²) in [6.45, 7) is 1.17. The summed E-state index contributed by atoms with van der Waals surface area (Å²) in [5.41, 5.74) is 0. The zero-order chi connectivity index (χ0) is 12.9. The number of benzene rings is 1. The third-order valence-electron chi connectivity index (χ3n) is 2.08. The molecule has 0 aliphatic heterocycles. The summed E-state index contributed by atoms with van der Waals surface area (Å²) >= 11 is 8.95. The number of halogens is 2. The van der Waals surface area contributed by atoms with Gasteiger partial charge in [0.2, 0.25) is 10.0 Å². The lowest BCUT2D eigenvalue weighted by molar-refractivity contribution is 0.577. The zero-order valence-corrected chi connectivity index (χ0v) is 12.5. The number of sulfonamides is 1. The van der Waals surface area contributed by atoms with Crippen LogP contribution in [0.1, 0.15) is 6.42 Å². The fourth-order valence-corrected chi connectivity index (χ4v) is 3.70. The molecule has 17 heavy (non-hydrogen) atoms.